The molecule has 3 bridgehead atoms. The number of carbonyl (C=O) groups excluding carboxylic acids is 2. The topological polar surface area (TPSA) is 144 Å². The molecule has 10 heteroatoms. The van der Waals surface area contributed by atoms with Gasteiger partial charge in [0.05, 0.1) is 17.8 Å². The third-order valence-electron chi connectivity index (χ3n) is 12.1. The molecule has 5 fully saturated rings. The van der Waals surface area contributed by atoms with Crippen molar-refractivity contribution in [3.05, 3.63) is 59.7 Å². The van der Waals surface area contributed by atoms with Crippen LogP contribution < -0.4 is 0 Å². The van der Waals surface area contributed by atoms with Crippen LogP contribution in [0.5, 0.6) is 0 Å². The maximum absolute atomic E-state index is 13.9. The summed E-state index contributed by atoms with van der Waals surface area (Å²) in [7, 11) is 0. The Kier molecular flexibility index (Phi) is 7.95. The van der Waals surface area contributed by atoms with Gasteiger partial charge in [0.15, 0.2) is 17.0 Å². The average Bonchev–Trinajstić information content (AvgIpc) is 3.69. The van der Waals surface area contributed by atoms with E-state index in [1.54, 1.807) is 37.3 Å². The van der Waals surface area contributed by atoms with E-state index >= 15 is 0 Å². The number of hydrogen-bond donors (Lipinski definition) is 3. The zero-order valence-electron chi connectivity index (χ0n) is 27.8. The first-order chi connectivity index (χ1) is 22.4. The first kappa shape index (κ1) is 33.1. The molecule has 12 atom stereocenters. The highest BCUT2D eigenvalue weighted by atomic mass is 16.9. The molecule has 3 aliphatic heterocycles. The summed E-state index contributed by atoms with van der Waals surface area (Å²) in [6.07, 6.45) is 4.91. The van der Waals surface area contributed by atoms with Crippen molar-refractivity contribution in [3.8, 4) is 0 Å². The summed E-state index contributed by atoms with van der Waals surface area (Å²) >= 11 is 0. The molecule has 3 unspecified atom stereocenters. The Bertz CT molecular complexity index is 1480. The number of carbonyl (C=O) groups is 2. The predicted molar refractivity (Wildman–Crippen MR) is 169 cm³/mol. The molecule has 0 radical (unpaired) electrons. The zero-order chi connectivity index (χ0) is 33.6. The monoisotopic (exact) mass is 652 g/mol. The normalized spacial score (nSPS) is 45.5. The van der Waals surface area contributed by atoms with Gasteiger partial charge in [-0.3, -0.25) is 4.79 Å². The third-order valence-corrected chi connectivity index (χ3v) is 12.1. The quantitative estimate of drug-likeness (QED) is 0.130. The van der Waals surface area contributed by atoms with E-state index in [-0.39, 0.29) is 5.57 Å². The van der Waals surface area contributed by atoms with Gasteiger partial charge in [0.1, 0.15) is 30.0 Å². The fourth-order valence-electron chi connectivity index (χ4n) is 9.80. The average molecular weight is 653 g/mol. The molecule has 6 aliphatic rings. The lowest BCUT2D eigenvalue weighted by Gasteiger charge is -2.61. The number of aliphatic hydroxyl groups is 3. The lowest BCUT2D eigenvalue weighted by molar-refractivity contribution is -0.431. The molecular weight excluding hydrogens is 604 g/mol. The number of ether oxygens (including phenoxy) is 5. The lowest BCUT2D eigenvalue weighted by atomic mass is 9.53. The first-order valence-electron chi connectivity index (χ1n) is 17.3. The van der Waals surface area contributed by atoms with Crippen LogP contribution in [0.15, 0.2) is 54.1 Å². The van der Waals surface area contributed by atoms with E-state index < -0.39 is 88.9 Å². The van der Waals surface area contributed by atoms with E-state index in [2.05, 4.69) is 13.5 Å². The largest absolute Gasteiger partial charge is 0.455 e. The second-order valence-corrected chi connectivity index (χ2v) is 14.8. The van der Waals surface area contributed by atoms with Crippen LogP contribution >= 0.6 is 0 Å². The highest BCUT2D eigenvalue weighted by Gasteiger charge is 2.90. The number of aliphatic hydroxyl groups excluding tert-OH is 2. The van der Waals surface area contributed by atoms with Crippen LogP contribution in [0.3, 0.4) is 0 Å². The molecule has 256 valence electrons. The summed E-state index contributed by atoms with van der Waals surface area (Å²) in [5.41, 5.74) is -5.69. The van der Waals surface area contributed by atoms with Crippen LogP contribution in [0, 0.1) is 17.8 Å². The molecule has 0 spiro atoms. The van der Waals surface area contributed by atoms with Crippen LogP contribution in [-0.2, 0) is 28.5 Å². The fraction of sp³-hybridized carbons (Fsp3) is 0.676. The number of fused-ring (bicyclic) bond motifs is 3. The van der Waals surface area contributed by atoms with Gasteiger partial charge in [0.25, 0.3) is 5.97 Å². The Hall–Kier alpha value is -2.44. The third kappa shape index (κ3) is 4.28. The standard InChI is InChI=1S/C37H48O10/c1-6-7-8-9-10-11-15-18-34-45-30-26-29-33(20-38,44-29)32(41)35(42)25(19-22(4)27(35)39)37(26,47-34)23(5)28(36(30,46-34)21(2)3)43-31(40)24-16-13-12-14-17-24/h12-14,16-17,19,23,25-26,28-30,32,38,41-42H,2,6-11,15,18,20H2,1,3-5H3/t23-,25?,26?,28-,29+,30-,32-,33+,34?,35-,36-,37+/m1/s1. The summed E-state index contributed by atoms with van der Waals surface area (Å²) in [5, 5.41) is 35.0. The maximum atomic E-state index is 13.9. The van der Waals surface area contributed by atoms with Gasteiger partial charge < -0.3 is 39.0 Å². The smallest absolute Gasteiger partial charge is 0.338 e. The van der Waals surface area contributed by atoms with Crippen LogP contribution in [0.2, 0.25) is 0 Å². The molecule has 3 aliphatic carbocycles. The molecule has 2 saturated carbocycles. The Labute approximate surface area is 276 Å². The SMILES string of the molecule is C=C(C)[C@]12OC3(CCCCCCCCC)O[C@@H]1C1[C@@H]4O[C@]4(CO)[C@@H](O)[C@]4(O)C(=O)C(C)=CC4[C@@]1(O3)[C@H](C)[C@H]2OC(=O)c1ccccc1. The van der Waals surface area contributed by atoms with Crippen molar-refractivity contribution in [2.45, 2.75) is 132 Å². The number of ketones is 1. The lowest BCUT2D eigenvalue weighted by Crippen LogP contribution is -2.76. The van der Waals surface area contributed by atoms with Gasteiger partial charge in [-0.1, -0.05) is 83.2 Å². The number of epoxide rings is 1. The molecule has 10 nitrogen and oxygen atoms in total. The van der Waals surface area contributed by atoms with Crippen molar-refractivity contribution in [2.24, 2.45) is 17.8 Å². The molecule has 3 saturated heterocycles. The van der Waals surface area contributed by atoms with E-state index in [9.17, 15) is 24.9 Å². The second kappa shape index (κ2) is 11.3. The van der Waals surface area contributed by atoms with Gasteiger partial charge in [0.2, 0.25) is 0 Å². The van der Waals surface area contributed by atoms with Crippen LogP contribution in [0.25, 0.3) is 0 Å². The molecule has 47 heavy (non-hydrogen) atoms. The van der Waals surface area contributed by atoms with Crippen molar-refractivity contribution >= 4 is 11.8 Å². The molecule has 1 aromatic rings. The minimum Gasteiger partial charge on any atom is -0.455 e. The van der Waals surface area contributed by atoms with Crippen molar-refractivity contribution in [1.82, 2.24) is 0 Å². The Balaban J connectivity index is 1.36. The van der Waals surface area contributed by atoms with Crippen molar-refractivity contribution in [3.63, 3.8) is 0 Å². The Morgan fingerprint density at radius 1 is 1.02 bits per heavy atom. The highest BCUT2D eigenvalue weighted by Crippen LogP contribution is 2.73. The minimum atomic E-state index is -2.38. The van der Waals surface area contributed by atoms with Crippen LogP contribution in [0.4, 0.5) is 0 Å². The maximum Gasteiger partial charge on any atom is 0.338 e. The van der Waals surface area contributed by atoms with E-state index in [1.807, 2.05) is 19.9 Å². The molecule has 3 heterocycles. The van der Waals surface area contributed by atoms with Gasteiger partial charge in [-0.2, -0.15) is 0 Å². The molecule has 0 amide bonds. The molecule has 3 N–H and O–H groups in total. The fourth-order valence-corrected chi connectivity index (χ4v) is 9.80. The van der Waals surface area contributed by atoms with E-state index in [1.165, 1.54) is 19.3 Å². The zero-order valence-corrected chi connectivity index (χ0v) is 27.8. The van der Waals surface area contributed by atoms with E-state index in [0.717, 1.165) is 25.7 Å². The molecule has 1 aromatic carbocycles. The molecule has 7 rings (SSSR count). The van der Waals surface area contributed by atoms with Gasteiger partial charge in [-0.25, -0.2) is 4.79 Å². The number of esters is 1. The molecular formula is C37H48O10. The number of benzene rings is 1. The van der Waals surface area contributed by atoms with E-state index in [0.29, 0.717) is 17.6 Å². The minimum absolute atomic E-state index is 0.267. The number of Topliss-reactive ketones (excluding diaryl/α,β-unsaturated/α-hetero) is 1. The number of unbranched alkanes of at least 4 members (excludes halogenated alkanes) is 6. The summed E-state index contributed by atoms with van der Waals surface area (Å²) in [5.74, 6) is -5.37. The van der Waals surface area contributed by atoms with E-state index in [4.69, 9.17) is 23.7 Å². The molecule has 0 aromatic heterocycles. The second-order valence-electron chi connectivity index (χ2n) is 14.8. The van der Waals surface area contributed by atoms with Crippen molar-refractivity contribution in [1.29, 1.82) is 0 Å². The van der Waals surface area contributed by atoms with Crippen molar-refractivity contribution in [2.75, 3.05) is 6.61 Å². The number of hydrogen-bond acceptors (Lipinski definition) is 10. The van der Waals surface area contributed by atoms with Gasteiger partial charge in [0, 0.05) is 24.2 Å². The van der Waals surface area contributed by atoms with Gasteiger partial charge in [-0.05, 0) is 43.5 Å². The predicted octanol–water partition coefficient (Wildman–Crippen LogP) is 4.15. The van der Waals surface area contributed by atoms with Gasteiger partial charge >= 0.3 is 5.97 Å². The Morgan fingerprint density at radius 2 is 1.70 bits per heavy atom. The summed E-state index contributed by atoms with van der Waals surface area (Å²) in [4.78, 5) is 27.6. The number of rotatable bonds is 12. The summed E-state index contributed by atoms with van der Waals surface area (Å²) < 4.78 is 33.6. The Morgan fingerprint density at radius 3 is 2.36 bits per heavy atom. The summed E-state index contributed by atoms with van der Waals surface area (Å²) in [6.45, 7) is 11.2. The first-order valence-corrected chi connectivity index (χ1v) is 17.3. The van der Waals surface area contributed by atoms with Crippen LogP contribution in [-0.4, -0.2) is 86.5 Å². The summed E-state index contributed by atoms with van der Waals surface area (Å²) in [6, 6.07) is 8.65. The van der Waals surface area contributed by atoms with Crippen LogP contribution in [0.1, 0.15) is 89.4 Å². The van der Waals surface area contributed by atoms with Crippen molar-refractivity contribution < 1.29 is 48.6 Å². The van der Waals surface area contributed by atoms with Gasteiger partial charge in [-0.15, -0.1) is 0 Å². The highest BCUT2D eigenvalue weighted by molar-refractivity contribution is 6.05.